The molecule has 96 heavy (non-hydrogen) atoms. The number of anilines is 6. The van der Waals surface area contributed by atoms with Crippen molar-refractivity contribution in [2.45, 2.75) is 19.3 Å². The van der Waals surface area contributed by atoms with Crippen LogP contribution >= 0.6 is 0 Å². The van der Waals surface area contributed by atoms with Crippen LogP contribution in [-0.2, 0) is 5.41 Å². The smallest absolute Gasteiger partial charge is 0.135 e. The molecule has 0 bridgehead atoms. The predicted molar refractivity (Wildman–Crippen MR) is 405 cm³/mol. The summed E-state index contributed by atoms with van der Waals surface area (Å²) in [6.45, 7) is 4.70. The highest BCUT2D eigenvalue weighted by molar-refractivity contribution is 6.19. The van der Waals surface area contributed by atoms with Crippen molar-refractivity contribution in [3.8, 4) is 33.6 Å². The molecule has 3 heterocycles. The molecule has 16 aromatic carbocycles. The molecule has 0 saturated carbocycles. The van der Waals surface area contributed by atoms with Gasteiger partial charge in [-0.3, -0.25) is 0 Å². The first kappa shape index (κ1) is 54.1. The molecular weight excluding hydrogens is 1170 g/mol. The van der Waals surface area contributed by atoms with Crippen molar-refractivity contribution in [3.63, 3.8) is 0 Å². The molecular formula is C91H60N4O. The highest BCUT2D eigenvalue weighted by Gasteiger charge is 2.36. The molecule has 1 aliphatic carbocycles. The lowest BCUT2D eigenvalue weighted by molar-refractivity contribution is 0.660. The van der Waals surface area contributed by atoms with E-state index in [0.29, 0.717) is 0 Å². The van der Waals surface area contributed by atoms with E-state index in [-0.39, 0.29) is 5.41 Å². The molecule has 1 aliphatic rings. The predicted octanol–water partition coefficient (Wildman–Crippen LogP) is 25.3. The molecule has 0 fully saturated rings. The Labute approximate surface area is 554 Å². The van der Waals surface area contributed by atoms with Gasteiger partial charge in [-0.2, -0.15) is 0 Å². The number of hydrogen-bond acceptors (Lipinski definition) is 3. The standard InChI is InChI=1S/C91H60N4O/c1-91(2)81-33-14-11-29-71(81)76-53-67(42-45-82(76)91)92(63-25-5-3-6-26-63)85-36-18-23-61-52-88-78(55-74(61)85)73-31-13-16-35-84(73)95(88)66-41-44-70-59(49-66)22-17-32-69(70)62-39-46-89-79(50-62)80-54-68(43-47-90(80)96-89)93(64-27-7-4-8-28-64)86-37-19-24-60-51-87-77(56-75(60)86)72-30-12-15-34-83(72)94(87)65-40-38-57-20-9-10-21-58(57)48-65/h3-56H,1-2H3. The fraction of sp³-hybridized carbons (Fsp3) is 0.0330. The van der Waals surface area contributed by atoms with E-state index in [1.54, 1.807) is 0 Å². The minimum absolute atomic E-state index is 0.0809. The van der Waals surface area contributed by atoms with Gasteiger partial charge in [-0.1, -0.05) is 202 Å². The van der Waals surface area contributed by atoms with E-state index in [0.717, 1.165) is 73.0 Å². The van der Waals surface area contributed by atoms with Gasteiger partial charge < -0.3 is 23.4 Å². The molecule has 5 nitrogen and oxygen atoms in total. The minimum Gasteiger partial charge on any atom is -0.456 e. The van der Waals surface area contributed by atoms with E-state index in [1.165, 1.54) is 115 Å². The second-order valence-electron chi connectivity index (χ2n) is 26.4. The maximum absolute atomic E-state index is 6.72. The molecule has 0 spiro atoms. The van der Waals surface area contributed by atoms with Crippen LogP contribution < -0.4 is 9.80 Å². The monoisotopic (exact) mass is 1220 g/mol. The second-order valence-corrected chi connectivity index (χ2v) is 26.4. The average Bonchev–Trinajstić information content (AvgIpc) is 1.57. The van der Waals surface area contributed by atoms with Gasteiger partial charge in [0.1, 0.15) is 11.2 Å². The summed E-state index contributed by atoms with van der Waals surface area (Å²) in [5.41, 5.74) is 22.8. The van der Waals surface area contributed by atoms with Crippen LogP contribution in [-0.4, -0.2) is 9.13 Å². The van der Waals surface area contributed by atoms with Crippen LogP contribution in [0.25, 0.3) is 142 Å². The third-order valence-electron chi connectivity index (χ3n) is 20.8. The Hall–Kier alpha value is -12.4. The quantitative estimate of drug-likeness (QED) is 0.144. The van der Waals surface area contributed by atoms with Gasteiger partial charge in [0, 0.05) is 82.6 Å². The molecule has 0 amide bonds. The maximum atomic E-state index is 6.72. The zero-order chi connectivity index (χ0) is 63.3. The topological polar surface area (TPSA) is 29.5 Å². The van der Waals surface area contributed by atoms with E-state index in [2.05, 4.69) is 360 Å². The lowest BCUT2D eigenvalue weighted by atomic mass is 9.82. The first-order valence-corrected chi connectivity index (χ1v) is 33.2. The molecule has 0 saturated heterocycles. The minimum atomic E-state index is -0.0809. The Morgan fingerprint density at radius 2 is 0.750 bits per heavy atom. The first-order valence-electron chi connectivity index (χ1n) is 33.2. The van der Waals surface area contributed by atoms with E-state index < -0.39 is 0 Å². The van der Waals surface area contributed by atoms with Gasteiger partial charge in [0.15, 0.2) is 0 Å². The van der Waals surface area contributed by atoms with Crippen molar-refractivity contribution in [2.75, 3.05) is 9.80 Å². The van der Waals surface area contributed by atoms with Crippen molar-refractivity contribution in [3.05, 3.63) is 339 Å². The van der Waals surface area contributed by atoms with Gasteiger partial charge in [0.2, 0.25) is 0 Å². The molecule has 0 aliphatic heterocycles. The van der Waals surface area contributed by atoms with Crippen molar-refractivity contribution < 1.29 is 4.42 Å². The summed E-state index contributed by atoms with van der Waals surface area (Å²) in [5, 5.41) is 16.5. The normalized spacial score (nSPS) is 12.8. The molecule has 5 heteroatoms. The summed E-state index contributed by atoms with van der Waals surface area (Å²) in [5.74, 6) is 0. The van der Waals surface area contributed by atoms with Gasteiger partial charge in [0.25, 0.3) is 0 Å². The lowest BCUT2D eigenvalue weighted by Gasteiger charge is -2.28. The summed E-state index contributed by atoms with van der Waals surface area (Å²) in [4.78, 5) is 4.86. The van der Waals surface area contributed by atoms with Gasteiger partial charge in [-0.05, 0) is 205 Å². The second kappa shape index (κ2) is 20.8. The van der Waals surface area contributed by atoms with E-state index in [4.69, 9.17) is 4.42 Å². The number of furan rings is 1. The summed E-state index contributed by atoms with van der Waals surface area (Å²) in [6, 6.07) is 121. The molecule has 450 valence electrons. The van der Waals surface area contributed by atoms with Crippen LogP contribution in [0.4, 0.5) is 34.1 Å². The molecule has 3 aromatic heterocycles. The maximum Gasteiger partial charge on any atom is 0.135 e. The number of hydrogen-bond donors (Lipinski definition) is 0. The van der Waals surface area contributed by atoms with E-state index in [9.17, 15) is 0 Å². The van der Waals surface area contributed by atoms with Gasteiger partial charge >= 0.3 is 0 Å². The highest BCUT2D eigenvalue weighted by atomic mass is 16.3. The largest absolute Gasteiger partial charge is 0.456 e. The number of nitrogens with zero attached hydrogens (tertiary/aromatic N) is 4. The van der Waals surface area contributed by atoms with Crippen molar-refractivity contribution in [1.29, 1.82) is 0 Å². The molecule has 19 aromatic rings. The lowest BCUT2D eigenvalue weighted by Crippen LogP contribution is -2.15. The average molecular weight is 1230 g/mol. The van der Waals surface area contributed by atoms with E-state index in [1.807, 2.05) is 0 Å². The fourth-order valence-electron chi connectivity index (χ4n) is 16.3. The van der Waals surface area contributed by atoms with Crippen LogP contribution in [0, 0.1) is 0 Å². The summed E-state index contributed by atoms with van der Waals surface area (Å²) in [7, 11) is 0. The van der Waals surface area contributed by atoms with Crippen LogP contribution in [0.3, 0.4) is 0 Å². The first-order chi connectivity index (χ1) is 47.3. The molecule has 0 unspecified atom stereocenters. The summed E-state index contributed by atoms with van der Waals surface area (Å²) in [6.07, 6.45) is 0. The zero-order valence-corrected chi connectivity index (χ0v) is 52.9. The van der Waals surface area contributed by atoms with Crippen LogP contribution in [0.2, 0.25) is 0 Å². The summed E-state index contributed by atoms with van der Waals surface area (Å²) < 4.78 is 11.6. The third-order valence-corrected chi connectivity index (χ3v) is 20.8. The summed E-state index contributed by atoms with van der Waals surface area (Å²) >= 11 is 0. The molecule has 20 rings (SSSR count). The number of para-hydroxylation sites is 4. The fourth-order valence-corrected chi connectivity index (χ4v) is 16.3. The Kier molecular flexibility index (Phi) is 11.7. The SMILES string of the molecule is CC1(C)c2ccccc2-c2cc(N(c3ccccc3)c3cccc4cc5c(cc34)c3ccccc3n5-c3ccc4c(-c5ccc6oc7ccc(N(c8ccccc8)c8cccc9cc%10c(cc89)c8ccccc8n%10-c8ccc9ccccc9c8)cc7c6c5)cccc4c3)ccc21. The number of fused-ring (bicyclic) bond motifs is 16. The van der Waals surface area contributed by atoms with E-state index >= 15 is 0 Å². The van der Waals surface area contributed by atoms with Crippen molar-refractivity contribution >= 4 is 143 Å². The van der Waals surface area contributed by atoms with Crippen LogP contribution in [0.1, 0.15) is 25.0 Å². The van der Waals surface area contributed by atoms with Gasteiger partial charge in [0.05, 0.1) is 33.4 Å². The Balaban J connectivity index is 0.686. The Bertz CT molecular complexity index is 6450. The molecule has 0 atom stereocenters. The highest BCUT2D eigenvalue weighted by Crippen LogP contribution is 2.52. The number of benzene rings is 16. The van der Waals surface area contributed by atoms with Crippen molar-refractivity contribution in [2.24, 2.45) is 0 Å². The third kappa shape index (κ3) is 8.17. The Morgan fingerprint density at radius 1 is 0.260 bits per heavy atom. The van der Waals surface area contributed by atoms with Crippen LogP contribution in [0.15, 0.2) is 332 Å². The zero-order valence-electron chi connectivity index (χ0n) is 52.9. The number of aromatic nitrogens is 2. The van der Waals surface area contributed by atoms with Gasteiger partial charge in [-0.15, -0.1) is 0 Å². The Morgan fingerprint density at radius 3 is 1.42 bits per heavy atom. The van der Waals surface area contributed by atoms with Crippen LogP contribution in [0.5, 0.6) is 0 Å². The number of rotatable bonds is 9. The molecule has 0 N–H and O–H groups in total. The van der Waals surface area contributed by atoms with Crippen molar-refractivity contribution in [1.82, 2.24) is 9.13 Å². The van der Waals surface area contributed by atoms with Gasteiger partial charge in [-0.25, -0.2) is 0 Å². The molecule has 0 radical (unpaired) electrons.